The van der Waals surface area contributed by atoms with Crippen molar-refractivity contribution in [3.8, 4) is 5.75 Å². The van der Waals surface area contributed by atoms with Crippen molar-refractivity contribution < 1.29 is 4.74 Å². The van der Waals surface area contributed by atoms with Crippen LogP contribution in [0.15, 0.2) is 42.6 Å². The van der Waals surface area contributed by atoms with Crippen LogP contribution in [0.5, 0.6) is 5.75 Å². The molecular formula is C17H21ClN2O. The number of nitrogens with one attached hydrogen (secondary N) is 1. The highest BCUT2D eigenvalue weighted by atomic mass is 35.5. The van der Waals surface area contributed by atoms with Gasteiger partial charge in [-0.15, -0.1) is 0 Å². The summed E-state index contributed by atoms with van der Waals surface area (Å²) in [5.74, 6) is 1.47. The summed E-state index contributed by atoms with van der Waals surface area (Å²) in [6.45, 7) is 6.64. The van der Waals surface area contributed by atoms with Gasteiger partial charge in [0.15, 0.2) is 0 Å². The van der Waals surface area contributed by atoms with E-state index in [0.29, 0.717) is 12.5 Å². The van der Waals surface area contributed by atoms with E-state index in [4.69, 9.17) is 16.3 Å². The Kier molecular flexibility index (Phi) is 6.03. The average molecular weight is 305 g/mol. The first-order valence-electron chi connectivity index (χ1n) is 7.16. The van der Waals surface area contributed by atoms with E-state index in [9.17, 15) is 0 Å². The van der Waals surface area contributed by atoms with Crippen LogP contribution >= 0.6 is 11.6 Å². The zero-order valence-corrected chi connectivity index (χ0v) is 13.2. The molecule has 0 radical (unpaired) electrons. The van der Waals surface area contributed by atoms with E-state index in [1.807, 2.05) is 36.4 Å². The zero-order chi connectivity index (χ0) is 15.1. The molecule has 2 aromatic rings. The fraction of sp³-hybridized carbons (Fsp3) is 0.353. The highest BCUT2D eigenvalue weighted by Crippen LogP contribution is 2.15. The largest absolute Gasteiger partial charge is 0.489 e. The number of aromatic nitrogens is 1. The molecule has 0 saturated heterocycles. The molecule has 21 heavy (non-hydrogen) atoms. The lowest BCUT2D eigenvalue weighted by atomic mass is 10.2. The minimum absolute atomic E-state index is 0.528. The molecule has 0 spiro atoms. The number of rotatable bonds is 7. The molecule has 0 aliphatic rings. The Bertz CT molecular complexity index is 555. The third kappa shape index (κ3) is 5.74. The number of nitrogens with zero attached hydrogens (tertiary/aromatic N) is 1. The summed E-state index contributed by atoms with van der Waals surface area (Å²) in [7, 11) is 0. The molecule has 3 nitrogen and oxygen atoms in total. The fourth-order valence-corrected chi connectivity index (χ4v) is 2.00. The fourth-order valence-electron chi connectivity index (χ4n) is 1.88. The van der Waals surface area contributed by atoms with E-state index in [1.165, 1.54) is 0 Å². The molecule has 1 aromatic heterocycles. The molecule has 1 heterocycles. The molecule has 0 unspecified atom stereocenters. The average Bonchev–Trinajstić information content (AvgIpc) is 2.47. The van der Waals surface area contributed by atoms with Crippen molar-refractivity contribution in [2.45, 2.75) is 27.0 Å². The number of pyridine rings is 1. The maximum absolute atomic E-state index is 5.86. The van der Waals surface area contributed by atoms with Gasteiger partial charge in [0.2, 0.25) is 0 Å². The maximum atomic E-state index is 5.86. The Morgan fingerprint density at radius 3 is 2.67 bits per heavy atom. The Morgan fingerprint density at radius 2 is 1.95 bits per heavy atom. The second kappa shape index (κ2) is 8.01. The second-order valence-electron chi connectivity index (χ2n) is 5.42. The summed E-state index contributed by atoms with van der Waals surface area (Å²) >= 11 is 5.86. The molecule has 0 saturated carbocycles. The molecule has 4 heteroatoms. The predicted octanol–water partition coefficient (Wildman–Crippen LogP) is 4.06. The molecule has 0 atom stereocenters. The topological polar surface area (TPSA) is 34.1 Å². The molecule has 1 aromatic carbocycles. The summed E-state index contributed by atoms with van der Waals surface area (Å²) in [5.41, 5.74) is 2.08. The van der Waals surface area contributed by atoms with Crippen LogP contribution < -0.4 is 10.1 Å². The monoisotopic (exact) mass is 304 g/mol. The Hall–Kier alpha value is -1.58. The van der Waals surface area contributed by atoms with Crippen molar-refractivity contribution in [2.75, 3.05) is 6.54 Å². The first-order chi connectivity index (χ1) is 10.1. The van der Waals surface area contributed by atoms with Gasteiger partial charge >= 0.3 is 0 Å². The highest BCUT2D eigenvalue weighted by Gasteiger charge is 2.00. The highest BCUT2D eigenvalue weighted by molar-refractivity contribution is 6.30. The smallest absolute Gasteiger partial charge is 0.123 e. The van der Waals surface area contributed by atoms with Gasteiger partial charge < -0.3 is 10.1 Å². The SMILES string of the molecule is CC(C)CNCc1cc(OCc2ccc(Cl)cc2)ccn1. The Balaban J connectivity index is 1.87. The zero-order valence-electron chi connectivity index (χ0n) is 12.5. The lowest BCUT2D eigenvalue weighted by molar-refractivity contribution is 0.305. The van der Waals surface area contributed by atoms with Gasteiger partial charge in [-0.3, -0.25) is 4.98 Å². The molecule has 0 bridgehead atoms. The van der Waals surface area contributed by atoms with Crippen LogP contribution in [0.3, 0.4) is 0 Å². The van der Waals surface area contributed by atoms with E-state index in [-0.39, 0.29) is 0 Å². The van der Waals surface area contributed by atoms with Crippen LogP contribution in [0, 0.1) is 5.92 Å². The third-order valence-electron chi connectivity index (χ3n) is 2.97. The Labute approximate surface area is 131 Å². The summed E-state index contributed by atoms with van der Waals surface area (Å²) in [5, 5.41) is 4.11. The molecule has 0 fully saturated rings. The number of hydrogen-bond acceptors (Lipinski definition) is 3. The van der Waals surface area contributed by atoms with Gasteiger partial charge in [-0.1, -0.05) is 37.6 Å². The summed E-state index contributed by atoms with van der Waals surface area (Å²) in [6, 6.07) is 11.5. The standard InChI is InChI=1S/C17H21ClN2O/c1-13(2)10-19-11-16-9-17(7-8-20-16)21-12-14-3-5-15(18)6-4-14/h3-9,13,19H,10-12H2,1-2H3. The van der Waals surface area contributed by atoms with Crippen molar-refractivity contribution in [1.29, 1.82) is 0 Å². The van der Waals surface area contributed by atoms with E-state index in [2.05, 4.69) is 24.1 Å². The van der Waals surface area contributed by atoms with Crippen LogP contribution in [-0.2, 0) is 13.2 Å². The summed E-state index contributed by atoms with van der Waals surface area (Å²) in [4.78, 5) is 4.34. The number of hydrogen-bond donors (Lipinski definition) is 1. The Morgan fingerprint density at radius 1 is 1.19 bits per heavy atom. The van der Waals surface area contributed by atoms with Gasteiger partial charge in [0.25, 0.3) is 0 Å². The number of benzene rings is 1. The molecule has 0 aliphatic heterocycles. The lowest BCUT2D eigenvalue weighted by Crippen LogP contribution is -2.19. The van der Waals surface area contributed by atoms with Crippen molar-refractivity contribution in [3.63, 3.8) is 0 Å². The van der Waals surface area contributed by atoms with Crippen molar-refractivity contribution in [3.05, 3.63) is 58.9 Å². The van der Waals surface area contributed by atoms with E-state index in [1.54, 1.807) is 6.20 Å². The minimum Gasteiger partial charge on any atom is -0.489 e. The second-order valence-corrected chi connectivity index (χ2v) is 5.86. The molecule has 1 N–H and O–H groups in total. The lowest BCUT2D eigenvalue weighted by Gasteiger charge is -2.09. The van der Waals surface area contributed by atoms with Crippen LogP contribution in [0.25, 0.3) is 0 Å². The molecular weight excluding hydrogens is 284 g/mol. The minimum atomic E-state index is 0.528. The first-order valence-corrected chi connectivity index (χ1v) is 7.54. The first kappa shape index (κ1) is 15.8. The van der Waals surface area contributed by atoms with Crippen molar-refractivity contribution in [2.24, 2.45) is 5.92 Å². The van der Waals surface area contributed by atoms with E-state index < -0.39 is 0 Å². The van der Waals surface area contributed by atoms with Gasteiger partial charge in [-0.2, -0.15) is 0 Å². The van der Waals surface area contributed by atoms with Gasteiger partial charge in [0.05, 0.1) is 5.69 Å². The van der Waals surface area contributed by atoms with Crippen molar-refractivity contribution in [1.82, 2.24) is 10.3 Å². The quantitative estimate of drug-likeness (QED) is 0.837. The van der Waals surface area contributed by atoms with E-state index >= 15 is 0 Å². The molecule has 2 rings (SSSR count). The van der Waals surface area contributed by atoms with E-state index in [0.717, 1.165) is 35.1 Å². The van der Waals surface area contributed by atoms with Gasteiger partial charge in [-0.05, 0) is 36.2 Å². The summed E-state index contributed by atoms with van der Waals surface area (Å²) < 4.78 is 5.79. The van der Waals surface area contributed by atoms with Crippen LogP contribution in [0.1, 0.15) is 25.1 Å². The van der Waals surface area contributed by atoms with Crippen LogP contribution in [0.2, 0.25) is 5.02 Å². The third-order valence-corrected chi connectivity index (χ3v) is 3.22. The van der Waals surface area contributed by atoms with Gasteiger partial charge in [0, 0.05) is 23.8 Å². The predicted molar refractivity (Wildman–Crippen MR) is 86.6 cm³/mol. The van der Waals surface area contributed by atoms with Crippen molar-refractivity contribution >= 4 is 11.6 Å². The normalized spacial score (nSPS) is 10.9. The maximum Gasteiger partial charge on any atom is 0.123 e. The molecule has 112 valence electrons. The molecule has 0 aliphatic carbocycles. The number of halogens is 1. The summed E-state index contributed by atoms with van der Waals surface area (Å²) in [6.07, 6.45) is 1.78. The van der Waals surface area contributed by atoms with Crippen LogP contribution in [-0.4, -0.2) is 11.5 Å². The number of ether oxygens (including phenoxy) is 1. The van der Waals surface area contributed by atoms with Gasteiger partial charge in [0.1, 0.15) is 12.4 Å². The van der Waals surface area contributed by atoms with Crippen LogP contribution in [0.4, 0.5) is 0 Å². The molecule has 0 amide bonds. The van der Waals surface area contributed by atoms with Gasteiger partial charge in [-0.25, -0.2) is 0 Å².